The average Bonchev–Trinajstić information content (AvgIpc) is 1.57. The van der Waals surface area contributed by atoms with Crippen molar-refractivity contribution in [3.05, 3.63) is 558 Å². The van der Waals surface area contributed by atoms with Gasteiger partial charge in [-0.05, 0) is 60.2 Å². The number of anilines is 9. The molecular formula is C138H92N6Se3. The molecule has 0 amide bonds. The van der Waals surface area contributed by atoms with Crippen molar-refractivity contribution in [2.75, 3.05) is 14.7 Å². The van der Waals surface area contributed by atoms with Crippen LogP contribution >= 0.6 is 0 Å². The Bertz CT molecular complexity index is 9970. The first-order valence-corrected chi connectivity index (χ1v) is 55.1. The SMILES string of the molecule is c1ccc(-c2ccc(N(c3ccc(-c4ccc5c(c4)[se]c4ccccc45)cc3)c3ccc4c5ccccc5n(-c5ccccc5)c4c3)cc2)cc1.c1ccc(-c2ccccc2N(c2ccc(-c3ccc4c(c3)[se]c3ccccc34)cc2)c2ccc3c4ccccc4n(-c4ccccc4)c3c2)cc1.c1ccc(N(c2ccc(-c3ccc4c(c3)[se]c3ccccc34)cc2)c2ccc3c4ccccc4n(-c4ccccc4)c3c2)cc1. The number of rotatable bonds is 17. The molecule has 0 saturated carbocycles. The number of hydrogen-bond acceptors (Lipinski definition) is 3. The van der Waals surface area contributed by atoms with Gasteiger partial charge < -0.3 is 0 Å². The van der Waals surface area contributed by atoms with Crippen LogP contribution in [0.2, 0.25) is 0 Å². The Balaban J connectivity index is 0.000000109. The Kier molecular flexibility index (Phi) is 23.0. The van der Waals surface area contributed by atoms with E-state index in [9.17, 15) is 0 Å². The molecule has 0 unspecified atom stereocenters. The number of aromatic nitrogens is 3. The Morgan fingerprint density at radius 1 is 0.129 bits per heavy atom. The Hall–Kier alpha value is -17.6. The van der Waals surface area contributed by atoms with Crippen LogP contribution < -0.4 is 14.7 Å². The number of fused-ring (bicyclic) bond motifs is 18. The summed E-state index contributed by atoms with van der Waals surface area (Å²) < 4.78 is 16.0. The van der Waals surface area contributed by atoms with E-state index in [-0.39, 0.29) is 0 Å². The minimum atomic E-state index is 0.334. The van der Waals surface area contributed by atoms with E-state index in [1.165, 1.54) is 179 Å². The van der Waals surface area contributed by atoms with Crippen LogP contribution in [0.1, 0.15) is 0 Å². The van der Waals surface area contributed by atoms with Gasteiger partial charge in [0.1, 0.15) is 0 Å². The molecule has 0 atom stereocenters. The molecule has 0 spiro atoms. The van der Waals surface area contributed by atoms with Gasteiger partial charge in [0.05, 0.1) is 16.6 Å². The van der Waals surface area contributed by atoms with Crippen LogP contribution in [0.15, 0.2) is 558 Å². The summed E-state index contributed by atoms with van der Waals surface area (Å²) in [5.74, 6) is 0. The first-order chi connectivity index (χ1) is 72.9. The molecule has 9 heteroatoms. The zero-order valence-electron chi connectivity index (χ0n) is 80.0. The van der Waals surface area contributed by atoms with E-state index in [1.54, 1.807) is 0 Å². The molecule has 6 aromatic heterocycles. The second kappa shape index (κ2) is 38.3. The third kappa shape index (κ3) is 16.4. The molecular weight excluding hydrogens is 1980 g/mol. The molecule has 0 bridgehead atoms. The van der Waals surface area contributed by atoms with Crippen LogP contribution in [0.5, 0.6) is 0 Å². The van der Waals surface area contributed by atoms with Crippen LogP contribution in [0.3, 0.4) is 0 Å². The van der Waals surface area contributed by atoms with E-state index >= 15 is 0 Å². The fourth-order valence-corrected chi connectivity index (χ4v) is 29.1. The van der Waals surface area contributed by atoms with Gasteiger partial charge in [0.25, 0.3) is 0 Å². The maximum atomic E-state index is 2.42. The van der Waals surface area contributed by atoms with Crippen LogP contribution in [-0.4, -0.2) is 57.2 Å². The summed E-state index contributed by atoms with van der Waals surface area (Å²) in [4.78, 5) is 7.16. The second-order valence-electron chi connectivity index (χ2n) is 37.4. The summed E-state index contributed by atoms with van der Waals surface area (Å²) >= 11 is 1.03. The molecule has 6 nitrogen and oxygen atoms in total. The van der Waals surface area contributed by atoms with Gasteiger partial charge in [-0.3, -0.25) is 0 Å². The fraction of sp³-hybridized carbons (Fsp3) is 0. The molecule has 0 saturated heterocycles. The molecule has 0 aliphatic rings. The normalized spacial score (nSPS) is 11.5. The van der Waals surface area contributed by atoms with Crippen LogP contribution in [0, 0.1) is 0 Å². The minimum absolute atomic E-state index is 0.334. The van der Waals surface area contributed by atoms with Gasteiger partial charge in [-0.25, -0.2) is 0 Å². The number of benzene rings is 23. The van der Waals surface area contributed by atoms with Crippen molar-refractivity contribution < 1.29 is 0 Å². The van der Waals surface area contributed by atoms with E-state index in [4.69, 9.17) is 0 Å². The van der Waals surface area contributed by atoms with E-state index in [2.05, 4.69) is 587 Å². The molecule has 29 rings (SSSR count). The van der Waals surface area contributed by atoms with Crippen molar-refractivity contribution in [1.29, 1.82) is 0 Å². The molecule has 6 heterocycles. The van der Waals surface area contributed by atoms with Crippen LogP contribution in [0.25, 0.3) is 196 Å². The molecule has 0 aliphatic carbocycles. The van der Waals surface area contributed by atoms with Crippen molar-refractivity contribution in [2.45, 2.75) is 0 Å². The van der Waals surface area contributed by atoms with Crippen LogP contribution in [-0.2, 0) is 0 Å². The quantitative estimate of drug-likeness (QED) is 0.0850. The molecule has 692 valence electrons. The summed E-state index contributed by atoms with van der Waals surface area (Å²) in [7, 11) is 0. The van der Waals surface area contributed by atoms with E-state index in [1.807, 2.05) is 0 Å². The average molecular weight is 2070 g/mol. The molecule has 0 aliphatic heterocycles. The molecule has 29 aromatic rings. The predicted molar refractivity (Wildman–Crippen MR) is 629 cm³/mol. The number of nitrogens with zero attached hydrogens (tertiary/aromatic N) is 6. The molecule has 0 fully saturated rings. The first-order valence-electron chi connectivity index (χ1n) is 50.0. The van der Waals surface area contributed by atoms with Crippen molar-refractivity contribution in [1.82, 2.24) is 13.7 Å². The zero-order valence-corrected chi connectivity index (χ0v) is 85.2. The summed E-state index contributed by atoms with van der Waals surface area (Å²) in [5.41, 5.74) is 33.0. The summed E-state index contributed by atoms with van der Waals surface area (Å²) in [6.45, 7) is 0. The van der Waals surface area contributed by atoms with Gasteiger partial charge >= 0.3 is 610 Å². The van der Waals surface area contributed by atoms with Crippen molar-refractivity contribution in [3.8, 4) is 72.7 Å². The molecule has 147 heavy (non-hydrogen) atoms. The Labute approximate surface area is 869 Å². The molecule has 23 aromatic carbocycles. The molecule has 0 N–H and O–H groups in total. The third-order valence-corrected chi connectivity index (χ3v) is 35.9. The van der Waals surface area contributed by atoms with Gasteiger partial charge in [0.2, 0.25) is 0 Å². The summed E-state index contributed by atoms with van der Waals surface area (Å²) in [6.07, 6.45) is 0. The van der Waals surface area contributed by atoms with Gasteiger partial charge in [0.15, 0.2) is 0 Å². The number of para-hydroxylation sites is 8. The van der Waals surface area contributed by atoms with Crippen molar-refractivity contribution in [3.63, 3.8) is 0 Å². The van der Waals surface area contributed by atoms with Gasteiger partial charge in [0, 0.05) is 33.2 Å². The molecule has 0 radical (unpaired) electrons. The number of hydrogen-bond donors (Lipinski definition) is 0. The van der Waals surface area contributed by atoms with Gasteiger partial charge in [-0.1, -0.05) is 158 Å². The monoisotopic (exact) mass is 2070 g/mol. The van der Waals surface area contributed by atoms with E-state index < -0.39 is 0 Å². The van der Waals surface area contributed by atoms with Crippen LogP contribution in [0.4, 0.5) is 51.2 Å². The Morgan fingerprint density at radius 2 is 0.354 bits per heavy atom. The van der Waals surface area contributed by atoms with Gasteiger partial charge in [-0.2, -0.15) is 0 Å². The fourth-order valence-electron chi connectivity index (χ4n) is 21.8. The van der Waals surface area contributed by atoms with E-state index in [0.29, 0.717) is 43.5 Å². The zero-order chi connectivity index (χ0) is 97.2. The third-order valence-electron chi connectivity index (χ3n) is 28.8. The first kappa shape index (κ1) is 88.4. The predicted octanol–water partition coefficient (Wildman–Crippen LogP) is 37.2. The van der Waals surface area contributed by atoms with Crippen molar-refractivity contribution >= 4 is 218 Å². The standard InChI is InChI=1S/2C48H32N2Se.C42H28N2Se/c1-3-13-34(14-4-1)39-17-7-10-20-44(39)49(37-26-23-33(24-27-37)35-25-29-43-42-19-9-12-22-47(42)51-48(43)31-35)38-28-30-41-40-18-8-11-21-45(40)50(46(41)32-38)36-15-5-2-6-16-36;1-3-11-33(12-4-1)34-19-24-38(25-20-34)49(39-26-21-35(22-27-39)36-23-29-44-43-16-8-10-18-47(43)51-48(44)31-36)40-28-30-42-41-15-7-9-17-45(41)50(46(42)32-40)37-13-5-2-6-14-37;1-3-11-31(12-4-1)43(33-22-19-29(20-23-33)30-21-25-38-37-16-8-10-18-41(37)45-42(38)27-30)34-24-26-36-35-15-7-9-17-39(35)44(40(36)28-34)32-13-5-2-6-14-32/h2*1-32H;1-28H. The van der Waals surface area contributed by atoms with E-state index in [0.717, 1.165) is 68.2 Å². The van der Waals surface area contributed by atoms with Crippen molar-refractivity contribution in [2.24, 2.45) is 0 Å². The second-order valence-corrected chi connectivity index (χ2v) is 44.2. The van der Waals surface area contributed by atoms with Gasteiger partial charge in [-0.15, -0.1) is 0 Å². The summed E-state index contributed by atoms with van der Waals surface area (Å²) in [5, 5.41) is 15.9. The maximum absolute atomic E-state index is 2.42. The Morgan fingerprint density at radius 3 is 0.707 bits per heavy atom. The topological polar surface area (TPSA) is 24.5 Å². The summed E-state index contributed by atoms with van der Waals surface area (Å²) in [6, 6.07) is 203.